The maximum atomic E-state index is 14.3. The summed E-state index contributed by atoms with van der Waals surface area (Å²) in [6.45, 7) is 8.30. The molecule has 0 spiro atoms. The van der Waals surface area contributed by atoms with Gasteiger partial charge in [0.05, 0.1) is 0 Å². The van der Waals surface area contributed by atoms with Gasteiger partial charge in [-0.05, 0) is 17.3 Å². The second kappa shape index (κ2) is 7.49. The van der Waals surface area contributed by atoms with Crippen molar-refractivity contribution >= 4 is 25.0 Å². The Kier molecular flexibility index (Phi) is 5.53. The molecule has 0 bridgehead atoms. The van der Waals surface area contributed by atoms with Crippen molar-refractivity contribution in [2.45, 2.75) is 39.4 Å². The van der Waals surface area contributed by atoms with Crippen molar-refractivity contribution in [3.63, 3.8) is 0 Å². The van der Waals surface area contributed by atoms with Gasteiger partial charge in [0.25, 0.3) is 0 Å². The zero-order chi connectivity index (χ0) is 18.0. The Bertz CT molecular complexity index is 711. The van der Waals surface area contributed by atoms with Crippen LogP contribution in [0.25, 0.3) is 0 Å². The molecule has 132 valence electrons. The number of hydrogen-bond acceptors (Lipinski definition) is 3. The van der Waals surface area contributed by atoms with Crippen LogP contribution in [0.15, 0.2) is 60.7 Å². The monoisotopic (exact) mass is 356 g/mol. The Balaban J connectivity index is 2.07. The summed E-state index contributed by atoms with van der Waals surface area (Å²) in [5.41, 5.74) is 0.970. The van der Waals surface area contributed by atoms with Crippen LogP contribution in [0.3, 0.4) is 0 Å². The minimum atomic E-state index is -2.90. The maximum absolute atomic E-state index is 14.3. The van der Waals surface area contributed by atoms with Crippen molar-refractivity contribution < 1.29 is 13.9 Å². The van der Waals surface area contributed by atoms with Crippen LogP contribution < -0.4 is 10.8 Å². The normalized spacial score (nSPS) is 27.0. The molecule has 0 N–H and O–H groups in total. The second-order valence-electron chi connectivity index (χ2n) is 7.33. The van der Waals surface area contributed by atoms with Gasteiger partial charge in [0, 0.05) is 5.30 Å². The van der Waals surface area contributed by atoms with E-state index in [0.29, 0.717) is 0 Å². The standard InChI is InChI=1S/C20H26BO3P/c1-15(2)19-23-21(17-11-7-5-8-12-17)24-20(16(3)4)25(19,22)18-13-9-6-10-14-18/h5-16,19-20H,1-4H3. The van der Waals surface area contributed by atoms with Crippen LogP contribution in [0, 0.1) is 11.8 Å². The van der Waals surface area contributed by atoms with Crippen molar-refractivity contribution in [1.82, 2.24) is 0 Å². The summed E-state index contributed by atoms with van der Waals surface area (Å²) >= 11 is 0. The lowest BCUT2D eigenvalue weighted by Gasteiger charge is -2.44. The molecule has 0 aliphatic carbocycles. The summed E-state index contributed by atoms with van der Waals surface area (Å²) in [4.78, 5) is 0. The number of benzene rings is 2. The summed E-state index contributed by atoms with van der Waals surface area (Å²) in [5.74, 6) is -0.465. The number of rotatable bonds is 4. The molecular formula is C20H26BO3P. The van der Waals surface area contributed by atoms with Crippen molar-refractivity contribution in [3.05, 3.63) is 60.7 Å². The predicted molar refractivity (Wildman–Crippen MR) is 105 cm³/mol. The van der Waals surface area contributed by atoms with E-state index in [2.05, 4.69) is 27.7 Å². The average Bonchev–Trinajstić information content (AvgIpc) is 2.62. The third kappa shape index (κ3) is 3.49. The van der Waals surface area contributed by atoms with Crippen LogP contribution in [-0.4, -0.2) is 18.8 Å². The summed E-state index contributed by atoms with van der Waals surface area (Å²) in [5, 5.41) is 0.846. The van der Waals surface area contributed by atoms with E-state index in [0.717, 1.165) is 10.8 Å². The van der Waals surface area contributed by atoms with E-state index in [1.807, 2.05) is 60.7 Å². The Morgan fingerprint density at radius 3 is 1.68 bits per heavy atom. The largest absolute Gasteiger partial charge is 0.495 e. The van der Waals surface area contributed by atoms with Crippen LogP contribution in [0.4, 0.5) is 0 Å². The molecule has 2 aromatic rings. The first-order chi connectivity index (χ1) is 11.9. The second-order valence-corrected chi connectivity index (χ2v) is 10.3. The molecule has 3 rings (SSSR count). The van der Waals surface area contributed by atoms with Gasteiger partial charge in [0.1, 0.15) is 11.7 Å². The van der Waals surface area contributed by atoms with E-state index in [1.165, 1.54) is 0 Å². The molecule has 0 amide bonds. The highest BCUT2D eigenvalue weighted by Gasteiger charge is 2.53. The summed E-state index contributed by atoms with van der Waals surface area (Å²) in [7, 11) is -3.38. The van der Waals surface area contributed by atoms with Crippen molar-refractivity contribution in [3.8, 4) is 0 Å². The fourth-order valence-electron chi connectivity index (χ4n) is 3.53. The first-order valence-corrected chi connectivity index (χ1v) is 10.8. The van der Waals surface area contributed by atoms with E-state index in [-0.39, 0.29) is 23.5 Å². The summed E-state index contributed by atoms with van der Waals surface area (Å²) in [6, 6.07) is 19.6. The molecule has 0 saturated carbocycles. The van der Waals surface area contributed by atoms with Gasteiger partial charge in [0.15, 0.2) is 7.14 Å². The molecule has 2 aromatic carbocycles. The van der Waals surface area contributed by atoms with E-state index in [1.54, 1.807) is 0 Å². The highest BCUT2D eigenvalue weighted by Crippen LogP contribution is 2.61. The molecule has 5 heteroatoms. The van der Waals surface area contributed by atoms with Gasteiger partial charge in [-0.15, -0.1) is 0 Å². The Morgan fingerprint density at radius 2 is 1.24 bits per heavy atom. The molecule has 1 aliphatic heterocycles. The molecule has 2 unspecified atom stereocenters. The molecule has 1 aliphatic rings. The lowest BCUT2D eigenvalue weighted by atomic mass is 9.78. The molecular weight excluding hydrogens is 330 g/mol. The van der Waals surface area contributed by atoms with E-state index in [4.69, 9.17) is 9.31 Å². The lowest BCUT2D eigenvalue weighted by molar-refractivity contribution is 0.0965. The fourth-order valence-corrected chi connectivity index (χ4v) is 7.40. The molecule has 2 atom stereocenters. The Hall–Kier alpha value is -1.35. The third-order valence-corrected chi connectivity index (χ3v) is 8.71. The molecule has 1 saturated heterocycles. The van der Waals surface area contributed by atoms with Crippen molar-refractivity contribution in [2.75, 3.05) is 0 Å². The first kappa shape index (κ1) is 18.4. The Labute approximate surface area is 151 Å². The summed E-state index contributed by atoms with van der Waals surface area (Å²) < 4.78 is 26.9. The van der Waals surface area contributed by atoms with Crippen molar-refractivity contribution in [2.24, 2.45) is 11.8 Å². The number of hydrogen-bond donors (Lipinski definition) is 0. The van der Waals surface area contributed by atoms with Crippen LogP contribution in [0.2, 0.25) is 0 Å². The van der Waals surface area contributed by atoms with Gasteiger partial charge in [-0.3, -0.25) is 0 Å². The Morgan fingerprint density at radius 1 is 0.800 bits per heavy atom. The van der Waals surface area contributed by atoms with Crippen LogP contribution >= 0.6 is 7.14 Å². The zero-order valence-corrected chi connectivity index (χ0v) is 16.2. The van der Waals surface area contributed by atoms with Gasteiger partial charge >= 0.3 is 7.12 Å². The smallest absolute Gasteiger partial charge is 0.397 e. The molecule has 1 fully saturated rings. The van der Waals surface area contributed by atoms with E-state index in [9.17, 15) is 4.57 Å². The SMILES string of the molecule is CC(C)C1OB(c2ccccc2)OC(C(C)C)P1(=O)c1ccccc1. The average molecular weight is 356 g/mol. The van der Waals surface area contributed by atoms with E-state index >= 15 is 0 Å². The van der Waals surface area contributed by atoms with Gasteiger partial charge in [-0.25, -0.2) is 0 Å². The lowest BCUT2D eigenvalue weighted by Crippen LogP contribution is -2.52. The highest BCUT2D eigenvalue weighted by molar-refractivity contribution is 7.72. The fraction of sp³-hybridized carbons (Fsp3) is 0.400. The van der Waals surface area contributed by atoms with Crippen LogP contribution in [0.5, 0.6) is 0 Å². The maximum Gasteiger partial charge on any atom is 0.495 e. The molecule has 3 nitrogen and oxygen atoms in total. The van der Waals surface area contributed by atoms with Gasteiger partial charge in [-0.1, -0.05) is 88.4 Å². The minimum absolute atomic E-state index is 0.127. The predicted octanol–water partition coefficient (Wildman–Crippen LogP) is 4.08. The minimum Gasteiger partial charge on any atom is -0.397 e. The van der Waals surface area contributed by atoms with Crippen LogP contribution in [0.1, 0.15) is 27.7 Å². The molecule has 25 heavy (non-hydrogen) atoms. The quantitative estimate of drug-likeness (QED) is 0.612. The van der Waals surface area contributed by atoms with Gasteiger partial charge in [0.2, 0.25) is 0 Å². The highest BCUT2D eigenvalue weighted by atomic mass is 31.2. The van der Waals surface area contributed by atoms with Crippen molar-refractivity contribution in [1.29, 1.82) is 0 Å². The zero-order valence-electron chi connectivity index (χ0n) is 15.3. The van der Waals surface area contributed by atoms with E-state index < -0.39 is 14.3 Å². The third-order valence-electron chi connectivity index (χ3n) is 4.65. The first-order valence-electron chi connectivity index (χ1n) is 8.95. The van der Waals surface area contributed by atoms with Gasteiger partial charge < -0.3 is 13.9 Å². The molecule has 0 radical (unpaired) electrons. The molecule has 1 heterocycles. The topological polar surface area (TPSA) is 35.5 Å². The van der Waals surface area contributed by atoms with Crippen LogP contribution in [-0.2, 0) is 13.9 Å². The summed E-state index contributed by atoms with van der Waals surface area (Å²) in [6.07, 6.45) is 0. The van der Waals surface area contributed by atoms with Gasteiger partial charge in [-0.2, -0.15) is 0 Å². The molecule has 0 aromatic heterocycles.